The molecule has 0 radical (unpaired) electrons. The van der Waals surface area contributed by atoms with Gasteiger partial charge in [-0.2, -0.15) is 0 Å². The van der Waals surface area contributed by atoms with Gasteiger partial charge >= 0.3 is 0 Å². The van der Waals surface area contributed by atoms with Crippen LogP contribution in [0.25, 0.3) is 0 Å². The number of carbonyl (C=O) groups excluding carboxylic acids is 1. The lowest BCUT2D eigenvalue weighted by atomic mass is 10.1. The van der Waals surface area contributed by atoms with Gasteiger partial charge in [0, 0.05) is 30.4 Å². The Morgan fingerprint density at radius 1 is 1.00 bits per heavy atom. The van der Waals surface area contributed by atoms with E-state index in [9.17, 15) is 4.79 Å². The molecule has 3 heteroatoms. The Bertz CT molecular complexity index is 536. The quantitative estimate of drug-likeness (QED) is 0.327. The largest absolute Gasteiger partial charge is 0.372 e. The molecule has 1 atom stereocenters. The second kappa shape index (κ2) is 20.5. The molecule has 0 spiro atoms. The van der Waals surface area contributed by atoms with Crippen molar-refractivity contribution >= 4 is 11.6 Å². The van der Waals surface area contributed by atoms with Crippen LogP contribution in [0, 0.1) is 0 Å². The molecule has 0 saturated heterocycles. The van der Waals surface area contributed by atoms with Gasteiger partial charge in [-0.3, -0.25) is 4.79 Å². The third kappa shape index (κ3) is 14.3. The van der Waals surface area contributed by atoms with Crippen LogP contribution in [0.2, 0.25) is 0 Å². The first kappa shape index (κ1) is 30.4. The predicted molar refractivity (Wildman–Crippen MR) is 136 cm³/mol. The molecule has 30 heavy (non-hydrogen) atoms. The minimum atomic E-state index is 0.0619. The molecule has 1 amide bonds. The molecule has 0 fully saturated rings. The first-order chi connectivity index (χ1) is 14.5. The molecule has 0 aromatic heterocycles. The number of aryl methyl sites for hydroxylation is 1. The maximum absolute atomic E-state index is 12.2. The Labute approximate surface area is 188 Å². The molecule has 0 bridgehead atoms. The van der Waals surface area contributed by atoms with Gasteiger partial charge in [-0.25, -0.2) is 0 Å². The number of rotatable bonds is 13. The number of nitrogens with one attached hydrogen (secondary N) is 1. The highest BCUT2D eigenvalue weighted by molar-refractivity contribution is 5.90. The number of benzene rings is 1. The summed E-state index contributed by atoms with van der Waals surface area (Å²) in [5.41, 5.74) is 3.26. The van der Waals surface area contributed by atoms with Crippen molar-refractivity contribution < 1.29 is 4.79 Å². The molecular formula is C27H50N2O. The molecular weight excluding hydrogens is 368 g/mol. The zero-order valence-corrected chi connectivity index (χ0v) is 21.3. The molecule has 1 N–H and O–H groups in total. The van der Waals surface area contributed by atoms with E-state index in [0.717, 1.165) is 24.2 Å². The second-order valence-electron chi connectivity index (χ2n) is 7.35. The fourth-order valence-electron chi connectivity index (χ4n) is 3.14. The van der Waals surface area contributed by atoms with Crippen molar-refractivity contribution in [1.29, 1.82) is 0 Å². The van der Waals surface area contributed by atoms with Crippen molar-refractivity contribution in [3.8, 4) is 0 Å². The van der Waals surface area contributed by atoms with Crippen molar-refractivity contribution in [2.75, 3.05) is 11.9 Å². The van der Waals surface area contributed by atoms with Gasteiger partial charge in [0.05, 0.1) is 0 Å². The summed E-state index contributed by atoms with van der Waals surface area (Å²) >= 11 is 0. The Balaban J connectivity index is 0. The smallest absolute Gasteiger partial charge is 0.226 e. The average Bonchev–Trinajstić information content (AvgIpc) is 2.77. The third-order valence-corrected chi connectivity index (χ3v) is 5.00. The zero-order valence-electron chi connectivity index (χ0n) is 21.3. The van der Waals surface area contributed by atoms with E-state index in [-0.39, 0.29) is 5.91 Å². The van der Waals surface area contributed by atoms with E-state index in [1.165, 1.54) is 37.7 Å². The van der Waals surface area contributed by atoms with Crippen LogP contribution >= 0.6 is 0 Å². The molecule has 0 saturated carbocycles. The van der Waals surface area contributed by atoms with Gasteiger partial charge in [0.2, 0.25) is 5.91 Å². The molecule has 1 rings (SSSR count). The second-order valence-corrected chi connectivity index (χ2v) is 7.35. The molecule has 1 aromatic rings. The molecule has 0 aliphatic heterocycles. The number of hydrogen-bond donors (Lipinski definition) is 1. The lowest BCUT2D eigenvalue weighted by molar-refractivity contribution is -0.116. The molecule has 0 aliphatic rings. The van der Waals surface area contributed by atoms with Crippen LogP contribution in [0.1, 0.15) is 106 Å². The van der Waals surface area contributed by atoms with Gasteiger partial charge in [0.25, 0.3) is 0 Å². The van der Waals surface area contributed by atoms with Gasteiger partial charge in [0.15, 0.2) is 0 Å². The summed E-state index contributed by atoms with van der Waals surface area (Å²) in [6.07, 6.45) is 9.17. The van der Waals surface area contributed by atoms with Crippen LogP contribution in [0.3, 0.4) is 0 Å². The highest BCUT2D eigenvalue weighted by atomic mass is 16.1. The lowest BCUT2D eigenvalue weighted by Gasteiger charge is -2.30. The zero-order chi connectivity index (χ0) is 23.4. The first-order valence-corrected chi connectivity index (χ1v) is 12.3. The highest BCUT2D eigenvalue weighted by Crippen LogP contribution is 2.15. The molecule has 3 nitrogen and oxygen atoms in total. The number of hydrogen-bond acceptors (Lipinski definition) is 2. The topological polar surface area (TPSA) is 32.3 Å². The van der Waals surface area contributed by atoms with E-state index in [2.05, 4.69) is 49.7 Å². The standard InChI is InChI=1S/C23H38N2O.2C2H6/c1-6-8-9-10-11-12-21-13-15-22(16-14-21)24-23(26)17-18-25(19(3)4)20(5)7-2;2*1-2/h13-16,20H,3,6-12,17-18H2,1-2,4-5H3,(H,24,26);2*1-2H3. The van der Waals surface area contributed by atoms with Crippen molar-refractivity contribution in [1.82, 2.24) is 4.90 Å². The minimum absolute atomic E-state index is 0.0619. The number of nitrogens with zero attached hydrogens (tertiary/aromatic N) is 1. The number of allylic oxidation sites excluding steroid dienone is 1. The highest BCUT2D eigenvalue weighted by Gasteiger charge is 2.13. The molecule has 0 aliphatic carbocycles. The lowest BCUT2D eigenvalue weighted by Crippen LogP contribution is -2.33. The summed E-state index contributed by atoms with van der Waals surface area (Å²) in [5.74, 6) is 0.0619. The van der Waals surface area contributed by atoms with Crippen LogP contribution in [-0.4, -0.2) is 23.4 Å². The summed E-state index contributed by atoms with van der Waals surface area (Å²) in [6, 6.07) is 8.72. The van der Waals surface area contributed by atoms with Crippen LogP contribution in [0.4, 0.5) is 5.69 Å². The summed E-state index contributed by atoms with van der Waals surface area (Å²) in [7, 11) is 0. The van der Waals surface area contributed by atoms with Gasteiger partial charge < -0.3 is 10.2 Å². The third-order valence-electron chi connectivity index (χ3n) is 5.00. The van der Waals surface area contributed by atoms with Gasteiger partial charge in [-0.05, 0) is 50.8 Å². The van der Waals surface area contributed by atoms with E-state index in [1.807, 2.05) is 46.8 Å². The van der Waals surface area contributed by atoms with E-state index in [4.69, 9.17) is 0 Å². The molecule has 174 valence electrons. The Hall–Kier alpha value is -1.77. The fourth-order valence-corrected chi connectivity index (χ4v) is 3.14. The molecule has 1 aromatic carbocycles. The molecule has 1 unspecified atom stereocenters. The Morgan fingerprint density at radius 2 is 1.57 bits per heavy atom. The minimum Gasteiger partial charge on any atom is -0.372 e. The van der Waals surface area contributed by atoms with E-state index >= 15 is 0 Å². The Morgan fingerprint density at radius 3 is 2.07 bits per heavy atom. The molecule has 0 heterocycles. The van der Waals surface area contributed by atoms with Gasteiger partial charge in [-0.1, -0.05) is 85.9 Å². The predicted octanol–water partition coefficient (Wildman–Crippen LogP) is 8.21. The van der Waals surface area contributed by atoms with Crippen LogP contribution in [0.15, 0.2) is 36.5 Å². The van der Waals surface area contributed by atoms with E-state index in [1.54, 1.807) is 0 Å². The van der Waals surface area contributed by atoms with Crippen molar-refractivity contribution in [2.45, 2.75) is 113 Å². The summed E-state index contributed by atoms with van der Waals surface area (Å²) < 4.78 is 0. The summed E-state index contributed by atoms with van der Waals surface area (Å²) in [4.78, 5) is 14.4. The van der Waals surface area contributed by atoms with Crippen LogP contribution in [0.5, 0.6) is 0 Å². The van der Waals surface area contributed by atoms with Gasteiger partial charge in [0.1, 0.15) is 0 Å². The van der Waals surface area contributed by atoms with E-state index < -0.39 is 0 Å². The number of unbranched alkanes of at least 4 members (excludes halogenated alkanes) is 4. The van der Waals surface area contributed by atoms with E-state index in [0.29, 0.717) is 19.0 Å². The van der Waals surface area contributed by atoms with Crippen molar-refractivity contribution in [3.63, 3.8) is 0 Å². The first-order valence-electron chi connectivity index (χ1n) is 12.3. The maximum atomic E-state index is 12.2. The van der Waals surface area contributed by atoms with Crippen molar-refractivity contribution in [2.24, 2.45) is 0 Å². The number of carbonyl (C=O) groups is 1. The normalized spacial score (nSPS) is 10.7. The number of anilines is 1. The Kier molecular flexibility index (Phi) is 20.8. The van der Waals surface area contributed by atoms with Gasteiger partial charge in [-0.15, -0.1) is 0 Å². The SMILES string of the molecule is C=C(C)N(CCC(=O)Nc1ccc(CCCCCCC)cc1)C(C)CC.CC.CC. The summed E-state index contributed by atoms with van der Waals surface area (Å²) in [5, 5.41) is 3.01. The van der Waals surface area contributed by atoms with Crippen molar-refractivity contribution in [3.05, 3.63) is 42.1 Å². The van der Waals surface area contributed by atoms with Crippen LogP contribution < -0.4 is 5.32 Å². The van der Waals surface area contributed by atoms with Crippen LogP contribution in [-0.2, 0) is 11.2 Å². The summed E-state index contributed by atoms with van der Waals surface area (Å²) in [6.45, 7) is 21.3. The average molecular weight is 419 g/mol. The fraction of sp³-hybridized carbons (Fsp3) is 0.667. The maximum Gasteiger partial charge on any atom is 0.226 e. The monoisotopic (exact) mass is 418 g/mol. The number of amides is 1.